The normalized spacial score (nSPS) is 34.4. The second kappa shape index (κ2) is 4.56. The first-order chi connectivity index (χ1) is 7.93. The van der Waals surface area contributed by atoms with Crippen molar-refractivity contribution in [2.75, 3.05) is 13.2 Å². The van der Waals surface area contributed by atoms with Gasteiger partial charge in [-0.15, -0.1) is 0 Å². The molecule has 2 fully saturated rings. The number of hydrogen-bond donors (Lipinski definition) is 1. The van der Waals surface area contributed by atoms with E-state index in [0.29, 0.717) is 12.1 Å². The van der Waals surface area contributed by atoms with Gasteiger partial charge in [-0.1, -0.05) is 30.3 Å². The molecule has 1 heterocycles. The van der Waals surface area contributed by atoms with Crippen LogP contribution in [0.5, 0.6) is 0 Å². The molecule has 0 radical (unpaired) electrons. The van der Waals surface area contributed by atoms with Crippen LogP contribution < -0.4 is 5.32 Å². The fourth-order valence-corrected chi connectivity index (χ4v) is 3.04. The van der Waals surface area contributed by atoms with E-state index in [0.717, 1.165) is 19.1 Å². The smallest absolute Gasteiger partial charge is 0.0729 e. The van der Waals surface area contributed by atoms with E-state index < -0.39 is 0 Å². The molecule has 1 aromatic carbocycles. The number of benzene rings is 1. The molecule has 0 aromatic heterocycles. The van der Waals surface area contributed by atoms with Crippen LogP contribution in [-0.2, 0) is 4.74 Å². The predicted molar refractivity (Wildman–Crippen MR) is 64.6 cm³/mol. The summed E-state index contributed by atoms with van der Waals surface area (Å²) >= 11 is 0. The lowest BCUT2D eigenvalue weighted by molar-refractivity contribution is -0.0274. The van der Waals surface area contributed by atoms with E-state index in [-0.39, 0.29) is 0 Å². The summed E-state index contributed by atoms with van der Waals surface area (Å²) in [5.74, 6) is 0.719. The lowest BCUT2D eigenvalue weighted by atomic mass is 9.79. The molecule has 0 amide bonds. The third-order valence-electron chi connectivity index (χ3n) is 3.90. The van der Waals surface area contributed by atoms with Crippen molar-refractivity contribution in [3.63, 3.8) is 0 Å². The Kier molecular flexibility index (Phi) is 2.94. The molecule has 2 heteroatoms. The molecule has 3 atom stereocenters. The van der Waals surface area contributed by atoms with Gasteiger partial charge < -0.3 is 10.1 Å². The molecule has 1 N–H and O–H groups in total. The maximum atomic E-state index is 5.80. The largest absolute Gasteiger partial charge is 0.375 e. The van der Waals surface area contributed by atoms with Crippen molar-refractivity contribution in [3.8, 4) is 0 Å². The van der Waals surface area contributed by atoms with Gasteiger partial charge in [-0.2, -0.15) is 0 Å². The van der Waals surface area contributed by atoms with E-state index >= 15 is 0 Å². The van der Waals surface area contributed by atoms with Crippen LogP contribution >= 0.6 is 0 Å². The number of hydrogen-bond acceptors (Lipinski definition) is 2. The highest BCUT2D eigenvalue weighted by atomic mass is 16.5. The molecule has 2 nitrogen and oxygen atoms in total. The van der Waals surface area contributed by atoms with E-state index in [4.69, 9.17) is 4.74 Å². The average Bonchev–Trinajstić information content (AvgIpc) is 2.39. The molecule has 3 unspecified atom stereocenters. The van der Waals surface area contributed by atoms with Gasteiger partial charge in [-0.3, -0.25) is 0 Å². The summed E-state index contributed by atoms with van der Waals surface area (Å²) in [6.45, 7) is 1.90. The molecule has 1 saturated heterocycles. The molecule has 1 saturated carbocycles. The van der Waals surface area contributed by atoms with Crippen molar-refractivity contribution in [1.82, 2.24) is 5.32 Å². The Balaban J connectivity index is 1.71. The fourth-order valence-electron chi connectivity index (χ4n) is 3.04. The van der Waals surface area contributed by atoms with Crippen molar-refractivity contribution in [3.05, 3.63) is 35.9 Å². The predicted octanol–water partition coefficient (Wildman–Crippen LogP) is 2.31. The minimum atomic E-state index is 0.466. The summed E-state index contributed by atoms with van der Waals surface area (Å²) in [5, 5.41) is 3.60. The highest BCUT2D eigenvalue weighted by molar-refractivity contribution is 5.20. The summed E-state index contributed by atoms with van der Waals surface area (Å²) in [6, 6.07) is 11.5. The molecule has 16 heavy (non-hydrogen) atoms. The van der Waals surface area contributed by atoms with E-state index in [2.05, 4.69) is 35.6 Å². The summed E-state index contributed by atoms with van der Waals surface area (Å²) < 4.78 is 5.80. The van der Waals surface area contributed by atoms with Crippen molar-refractivity contribution in [2.24, 2.45) is 0 Å². The summed E-state index contributed by atoms with van der Waals surface area (Å²) in [6.07, 6.45) is 4.17. The lowest BCUT2D eigenvalue weighted by Gasteiger charge is -2.39. The molecule has 3 rings (SSSR count). The quantitative estimate of drug-likeness (QED) is 0.779. The standard InChI is InChI=1S/C14H19NO/c1-2-4-11(5-3-1)12-6-7-14-13(10-12)15-8-9-16-14/h1-5,12-15H,6-10H2. The highest BCUT2D eigenvalue weighted by Gasteiger charge is 2.33. The van der Waals surface area contributed by atoms with E-state index in [1.165, 1.54) is 24.8 Å². The number of ether oxygens (including phenoxy) is 1. The van der Waals surface area contributed by atoms with E-state index in [1.54, 1.807) is 0 Å². The van der Waals surface area contributed by atoms with Gasteiger partial charge in [0.2, 0.25) is 0 Å². The SMILES string of the molecule is c1ccc(C2CCC3OCCNC3C2)cc1. The van der Waals surface area contributed by atoms with Gasteiger partial charge in [0.25, 0.3) is 0 Å². The van der Waals surface area contributed by atoms with Crippen molar-refractivity contribution >= 4 is 0 Å². The topological polar surface area (TPSA) is 21.3 Å². The minimum absolute atomic E-state index is 0.466. The molecule has 86 valence electrons. The van der Waals surface area contributed by atoms with Crippen LogP contribution in [-0.4, -0.2) is 25.3 Å². The second-order valence-electron chi connectivity index (χ2n) is 4.89. The summed E-state index contributed by atoms with van der Waals surface area (Å²) in [5.41, 5.74) is 1.49. The van der Waals surface area contributed by atoms with Gasteiger partial charge in [0.1, 0.15) is 0 Å². The average molecular weight is 217 g/mol. The number of nitrogens with one attached hydrogen (secondary N) is 1. The molecule has 0 bridgehead atoms. The van der Waals surface area contributed by atoms with Gasteiger partial charge in [-0.05, 0) is 30.7 Å². The zero-order valence-corrected chi connectivity index (χ0v) is 9.56. The molecule has 1 aliphatic heterocycles. The molecular formula is C14H19NO. The third-order valence-corrected chi connectivity index (χ3v) is 3.90. The zero-order chi connectivity index (χ0) is 10.8. The first-order valence-corrected chi connectivity index (χ1v) is 6.33. The third kappa shape index (κ3) is 2.00. The van der Waals surface area contributed by atoms with Crippen LogP contribution in [0.1, 0.15) is 30.7 Å². The zero-order valence-electron chi connectivity index (χ0n) is 9.56. The van der Waals surface area contributed by atoms with Crippen molar-refractivity contribution < 1.29 is 4.74 Å². The Labute approximate surface area is 97.0 Å². The Morgan fingerprint density at radius 3 is 2.88 bits per heavy atom. The molecular weight excluding hydrogens is 198 g/mol. The van der Waals surface area contributed by atoms with Crippen LogP contribution in [0.3, 0.4) is 0 Å². The van der Waals surface area contributed by atoms with Gasteiger partial charge in [0.15, 0.2) is 0 Å². The highest BCUT2D eigenvalue weighted by Crippen LogP contribution is 2.34. The first-order valence-electron chi connectivity index (χ1n) is 6.33. The minimum Gasteiger partial charge on any atom is -0.375 e. The molecule has 1 aliphatic carbocycles. The Bertz CT molecular complexity index is 338. The molecule has 1 aromatic rings. The van der Waals surface area contributed by atoms with Gasteiger partial charge in [0, 0.05) is 12.6 Å². The lowest BCUT2D eigenvalue weighted by Crippen LogP contribution is -2.51. The first kappa shape index (κ1) is 10.3. The number of fused-ring (bicyclic) bond motifs is 1. The van der Waals surface area contributed by atoms with E-state index in [9.17, 15) is 0 Å². The maximum Gasteiger partial charge on any atom is 0.0729 e. The van der Waals surface area contributed by atoms with Gasteiger partial charge in [-0.25, -0.2) is 0 Å². The molecule has 0 spiro atoms. The number of morpholine rings is 1. The van der Waals surface area contributed by atoms with Crippen LogP contribution in [0.25, 0.3) is 0 Å². The Morgan fingerprint density at radius 2 is 2.00 bits per heavy atom. The number of rotatable bonds is 1. The van der Waals surface area contributed by atoms with Crippen LogP contribution in [0, 0.1) is 0 Å². The van der Waals surface area contributed by atoms with E-state index in [1.807, 2.05) is 0 Å². The van der Waals surface area contributed by atoms with Gasteiger partial charge >= 0.3 is 0 Å². The maximum absolute atomic E-state index is 5.80. The molecule has 2 aliphatic rings. The van der Waals surface area contributed by atoms with Crippen molar-refractivity contribution in [2.45, 2.75) is 37.3 Å². The second-order valence-corrected chi connectivity index (χ2v) is 4.89. The Hall–Kier alpha value is -0.860. The summed E-state index contributed by atoms with van der Waals surface area (Å²) in [7, 11) is 0. The Morgan fingerprint density at radius 1 is 1.12 bits per heavy atom. The van der Waals surface area contributed by atoms with Crippen LogP contribution in [0.2, 0.25) is 0 Å². The van der Waals surface area contributed by atoms with Crippen LogP contribution in [0.4, 0.5) is 0 Å². The van der Waals surface area contributed by atoms with Crippen LogP contribution in [0.15, 0.2) is 30.3 Å². The summed E-state index contributed by atoms with van der Waals surface area (Å²) in [4.78, 5) is 0. The van der Waals surface area contributed by atoms with Crippen molar-refractivity contribution in [1.29, 1.82) is 0 Å². The monoisotopic (exact) mass is 217 g/mol. The van der Waals surface area contributed by atoms with Gasteiger partial charge in [0.05, 0.1) is 12.7 Å². The fraction of sp³-hybridized carbons (Fsp3) is 0.571.